The first-order valence-corrected chi connectivity index (χ1v) is 22.6. The Morgan fingerprint density at radius 3 is 2.44 bits per heavy atom. The summed E-state index contributed by atoms with van der Waals surface area (Å²) in [5.74, 6) is -0.365. The van der Waals surface area contributed by atoms with E-state index in [2.05, 4.69) is 12.7 Å². The van der Waals surface area contributed by atoms with Gasteiger partial charge in [-0.25, -0.2) is 4.79 Å². The number of oxime groups is 1. The molecule has 2 N–H and O–H groups in total. The maximum atomic E-state index is 14.5. The van der Waals surface area contributed by atoms with E-state index >= 15 is 0 Å². The summed E-state index contributed by atoms with van der Waals surface area (Å²) in [5, 5.41) is 24.8. The van der Waals surface area contributed by atoms with Crippen molar-refractivity contribution in [1.29, 1.82) is 0 Å². The monoisotopic (exact) mass is 866 g/mol. The molecule has 0 unspecified atom stereocenters. The fourth-order valence-electron chi connectivity index (χ4n) is 9.34. The molecule has 1 amide bonds. The van der Waals surface area contributed by atoms with E-state index in [9.17, 15) is 19.8 Å². The molecule has 0 spiro atoms. The summed E-state index contributed by atoms with van der Waals surface area (Å²) in [6.45, 7) is 13.2. The zero-order valence-corrected chi connectivity index (χ0v) is 37.4. The van der Waals surface area contributed by atoms with Crippen molar-refractivity contribution in [1.82, 2.24) is 4.90 Å². The van der Waals surface area contributed by atoms with Gasteiger partial charge >= 0.3 is 6.09 Å². The van der Waals surface area contributed by atoms with E-state index in [4.69, 9.17) is 33.7 Å². The van der Waals surface area contributed by atoms with Crippen molar-refractivity contribution in [2.24, 2.45) is 22.9 Å². The average Bonchev–Trinajstić information content (AvgIpc) is 3.28. The Balaban J connectivity index is 1.49. The molecule has 1 fully saturated rings. The number of aldehydes is 1. The van der Waals surface area contributed by atoms with Crippen molar-refractivity contribution in [2.45, 2.75) is 109 Å². The molecule has 1 saturated carbocycles. The van der Waals surface area contributed by atoms with Crippen molar-refractivity contribution in [3.63, 3.8) is 0 Å². The second-order valence-electron chi connectivity index (χ2n) is 17.6. The van der Waals surface area contributed by atoms with Crippen LogP contribution < -0.4 is 9.47 Å². The number of nitrogens with zero attached hydrogens (tertiary/aromatic N) is 2. The van der Waals surface area contributed by atoms with Crippen molar-refractivity contribution in [3.05, 3.63) is 114 Å². The summed E-state index contributed by atoms with van der Waals surface area (Å²) in [6, 6.07) is 21.9. The lowest BCUT2D eigenvalue weighted by Gasteiger charge is -2.60. The highest BCUT2D eigenvalue weighted by molar-refractivity contribution is 6.03. The van der Waals surface area contributed by atoms with E-state index in [1.807, 2.05) is 82.3 Å². The van der Waals surface area contributed by atoms with Crippen molar-refractivity contribution in [2.75, 3.05) is 39.6 Å². The first kappa shape index (κ1) is 47.5. The van der Waals surface area contributed by atoms with Gasteiger partial charge < -0.3 is 38.7 Å². The third-order valence-electron chi connectivity index (χ3n) is 11.9. The summed E-state index contributed by atoms with van der Waals surface area (Å²) in [7, 11) is 0. The molecular weight excluding hydrogens is 801 g/mol. The first-order chi connectivity index (χ1) is 30.5. The molecule has 6 rings (SSSR count). The van der Waals surface area contributed by atoms with Gasteiger partial charge in [0.25, 0.3) is 0 Å². The molecule has 12 heteroatoms. The second kappa shape index (κ2) is 22.6. The number of aliphatic hydroxyl groups is 2. The third-order valence-corrected chi connectivity index (χ3v) is 11.9. The van der Waals surface area contributed by atoms with Crippen LogP contribution in [0.25, 0.3) is 0 Å². The predicted octanol–water partition coefficient (Wildman–Crippen LogP) is 9.79. The number of aliphatic hydroxyl groups excluding tert-OH is 2. The number of allylic oxidation sites excluding steroid dienone is 1. The molecule has 0 aromatic heterocycles. The Labute approximate surface area is 372 Å². The summed E-state index contributed by atoms with van der Waals surface area (Å²) >= 11 is 0. The van der Waals surface area contributed by atoms with Crippen LogP contribution in [0.5, 0.6) is 17.2 Å². The van der Waals surface area contributed by atoms with Crippen LogP contribution in [0.3, 0.4) is 0 Å². The van der Waals surface area contributed by atoms with Gasteiger partial charge in [-0.2, -0.15) is 0 Å². The SMILES string of the molecule is C=CCO[C@@]12Oc3ccc(Oc4cccc(C=O)c4)cc3[C@H]3[C@H](CCCCO)[C@@H](CCCCO)C=C(C(=NOC(C)(C)C)C[C@@H]1N(CCC)C(=O)OCCOCc1ccccc1)[C@H]32. The Morgan fingerprint density at radius 2 is 1.73 bits per heavy atom. The van der Waals surface area contributed by atoms with Crippen LogP contribution in [-0.2, 0) is 25.7 Å². The zero-order valence-electron chi connectivity index (χ0n) is 37.4. The number of unbranched alkanes of at least 4 members (excludes halogenated alkanes) is 2. The third kappa shape index (κ3) is 11.8. The number of amides is 1. The van der Waals surface area contributed by atoms with Crippen molar-refractivity contribution in [3.8, 4) is 17.2 Å². The molecule has 0 bridgehead atoms. The highest BCUT2D eigenvalue weighted by Crippen LogP contribution is 2.62. The highest BCUT2D eigenvalue weighted by atomic mass is 16.7. The number of carbonyl (C=O) groups is 2. The fourth-order valence-corrected chi connectivity index (χ4v) is 9.34. The molecule has 12 nitrogen and oxygen atoms in total. The van der Waals surface area contributed by atoms with Gasteiger partial charge in [-0.3, -0.25) is 9.69 Å². The van der Waals surface area contributed by atoms with Crippen molar-refractivity contribution >= 4 is 18.1 Å². The molecule has 63 heavy (non-hydrogen) atoms. The molecule has 3 aliphatic rings. The Bertz CT molecular complexity index is 2030. The minimum Gasteiger partial charge on any atom is -0.459 e. The van der Waals surface area contributed by atoms with E-state index < -0.39 is 29.4 Å². The van der Waals surface area contributed by atoms with Crippen LogP contribution in [-0.4, -0.2) is 90.2 Å². The molecule has 340 valence electrons. The lowest BCUT2D eigenvalue weighted by atomic mass is 9.55. The van der Waals surface area contributed by atoms with E-state index in [0.717, 1.165) is 48.7 Å². The van der Waals surface area contributed by atoms with Gasteiger partial charge in [-0.1, -0.05) is 79.5 Å². The smallest absolute Gasteiger partial charge is 0.410 e. The molecule has 1 aliphatic heterocycles. The normalized spacial score (nSPS) is 23.1. The second-order valence-corrected chi connectivity index (χ2v) is 17.6. The van der Waals surface area contributed by atoms with E-state index in [1.54, 1.807) is 29.2 Å². The average molecular weight is 867 g/mol. The summed E-state index contributed by atoms with van der Waals surface area (Å²) in [4.78, 5) is 34.2. The molecular formula is C51H66N2O10. The molecule has 3 aromatic carbocycles. The number of carbonyl (C=O) groups excluding carboxylic acids is 2. The number of fused-ring (bicyclic) bond motifs is 2. The number of benzene rings is 3. The van der Waals surface area contributed by atoms with E-state index in [0.29, 0.717) is 60.9 Å². The van der Waals surface area contributed by atoms with Gasteiger partial charge in [0.15, 0.2) is 0 Å². The number of hydrogen-bond donors (Lipinski definition) is 2. The first-order valence-electron chi connectivity index (χ1n) is 22.6. The molecule has 3 aromatic rings. The van der Waals surface area contributed by atoms with Gasteiger partial charge in [0, 0.05) is 43.2 Å². The van der Waals surface area contributed by atoms with Gasteiger partial charge in [0.1, 0.15) is 41.8 Å². The largest absolute Gasteiger partial charge is 0.459 e. The van der Waals surface area contributed by atoms with E-state index in [1.165, 1.54) is 0 Å². The van der Waals surface area contributed by atoms with Crippen LogP contribution in [0.15, 0.2) is 102 Å². The quantitative estimate of drug-likeness (QED) is 0.0409. The van der Waals surface area contributed by atoms with Gasteiger partial charge in [-0.05, 0) is 106 Å². The minimum absolute atomic E-state index is 0.0314. The van der Waals surface area contributed by atoms with Crippen LogP contribution in [0.1, 0.15) is 106 Å². The van der Waals surface area contributed by atoms with Crippen LogP contribution >= 0.6 is 0 Å². The van der Waals surface area contributed by atoms with Crippen LogP contribution in [0.4, 0.5) is 4.79 Å². The predicted molar refractivity (Wildman–Crippen MR) is 242 cm³/mol. The molecule has 0 radical (unpaired) electrons. The van der Waals surface area contributed by atoms with Crippen LogP contribution in [0.2, 0.25) is 0 Å². The van der Waals surface area contributed by atoms with Gasteiger partial charge in [0.2, 0.25) is 5.79 Å². The standard InChI is InChI=1S/C51H66N2O10/c1-6-24-53(49(57)59-29-28-58-35-36-16-9-8-10-17-36)46-33-44(52-63-50(3,4)5)42-31-38(19-11-13-25-54)41(21-12-14-26-55)47-43-32-40(61-39-20-15-18-37(30-39)34-56)22-23-45(43)62-51(46,48(42)47)60-27-7-2/h7-10,15-18,20,22-23,30-32,34,38,41,46-48,54-55H,2,6,11-14,19,21,24-29,33,35H2,1,3-5H3/t38-,41+,46-,47+,48+,51+/m0/s1. The van der Waals surface area contributed by atoms with Gasteiger partial charge in [0.05, 0.1) is 31.5 Å². The lowest BCUT2D eigenvalue weighted by Crippen LogP contribution is -2.70. The summed E-state index contributed by atoms with van der Waals surface area (Å²) in [5.41, 5.74) is 3.48. The maximum absolute atomic E-state index is 14.5. The summed E-state index contributed by atoms with van der Waals surface area (Å²) < 4.78 is 32.7. The lowest BCUT2D eigenvalue weighted by molar-refractivity contribution is -0.255. The molecule has 2 aliphatic carbocycles. The van der Waals surface area contributed by atoms with Crippen molar-refractivity contribution < 1.29 is 48.3 Å². The zero-order chi connectivity index (χ0) is 44.8. The summed E-state index contributed by atoms with van der Waals surface area (Å²) in [6.07, 6.45) is 9.71. The molecule has 0 saturated heterocycles. The molecule has 1 heterocycles. The topological polar surface area (TPSA) is 146 Å². The fraction of sp³-hybridized carbons (Fsp3) is 0.510. The minimum atomic E-state index is -1.43. The number of rotatable bonds is 23. The number of ether oxygens (including phenoxy) is 5. The Morgan fingerprint density at radius 1 is 0.968 bits per heavy atom. The Hall–Kier alpha value is -5.01. The Kier molecular flexibility index (Phi) is 17.0. The van der Waals surface area contributed by atoms with Gasteiger partial charge in [-0.15, -0.1) is 6.58 Å². The molecule has 6 atom stereocenters. The van der Waals surface area contributed by atoms with Crippen LogP contribution in [0, 0.1) is 17.8 Å². The highest BCUT2D eigenvalue weighted by Gasteiger charge is 2.65. The maximum Gasteiger partial charge on any atom is 0.410 e. The number of hydrogen-bond acceptors (Lipinski definition) is 11. The van der Waals surface area contributed by atoms with E-state index in [-0.39, 0.29) is 57.2 Å².